The molecule has 126 valence electrons. The Hall–Kier alpha value is -3.92. The number of ether oxygens (including phenoxy) is 1. The first-order chi connectivity index (χ1) is 12.8. The highest BCUT2D eigenvalue weighted by atomic mass is 16.5. The Labute approximate surface area is 148 Å². The molecule has 0 saturated heterocycles. The van der Waals surface area contributed by atoms with Gasteiger partial charge in [0.1, 0.15) is 17.3 Å². The zero-order valence-corrected chi connectivity index (χ0v) is 13.8. The van der Waals surface area contributed by atoms with Crippen LogP contribution in [0.15, 0.2) is 59.1 Å². The van der Waals surface area contributed by atoms with Crippen LogP contribution >= 0.6 is 0 Å². The van der Waals surface area contributed by atoms with Crippen LogP contribution in [0.5, 0.6) is 5.75 Å². The number of nitrogens with zero attached hydrogens (tertiary/aromatic N) is 4. The number of hydrogen-bond acceptors (Lipinski definition) is 7. The van der Waals surface area contributed by atoms with E-state index in [0.717, 1.165) is 16.8 Å². The van der Waals surface area contributed by atoms with Gasteiger partial charge >= 0.3 is 6.01 Å². The fourth-order valence-electron chi connectivity index (χ4n) is 2.51. The molecule has 1 N–H and O–H groups in total. The first kappa shape index (κ1) is 15.6. The van der Waals surface area contributed by atoms with Gasteiger partial charge in [0.2, 0.25) is 5.95 Å². The second-order valence-corrected chi connectivity index (χ2v) is 5.41. The number of methoxy groups -OCH3 is 1. The minimum absolute atomic E-state index is 0.289. The predicted molar refractivity (Wildman–Crippen MR) is 96.0 cm³/mol. The predicted octanol–water partition coefficient (Wildman–Crippen LogP) is 3.91. The van der Waals surface area contributed by atoms with Crippen LogP contribution in [0.2, 0.25) is 0 Å². The number of nitrogens with one attached hydrogen (secondary N) is 1. The summed E-state index contributed by atoms with van der Waals surface area (Å²) in [6, 6.07) is 17.1. The zero-order valence-electron chi connectivity index (χ0n) is 13.8. The first-order valence-electron chi connectivity index (χ1n) is 7.81. The molecule has 0 atom stereocenters. The summed E-state index contributed by atoms with van der Waals surface area (Å²) in [4.78, 5) is 13.0. The number of hydrogen-bond donors (Lipinski definition) is 1. The molecule has 0 radical (unpaired) electrons. The molecule has 2 aromatic heterocycles. The maximum atomic E-state index is 9.35. The second kappa shape index (κ2) is 6.53. The molecule has 0 amide bonds. The normalized spacial score (nSPS) is 10.5. The lowest BCUT2D eigenvalue weighted by Crippen LogP contribution is -2.00. The van der Waals surface area contributed by atoms with Crippen molar-refractivity contribution in [3.63, 3.8) is 0 Å². The van der Waals surface area contributed by atoms with Crippen LogP contribution in [0, 0.1) is 11.3 Å². The lowest BCUT2D eigenvalue weighted by molar-refractivity contribution is 0.415. The van der Waals surface area contributed by atoms with E-state index in [-0.39, 0.29) is 6.01 Å². The molecule has 0 fully saturated rings. The van der Waals surface area contributed by atoms with Crippen molar-refractivity contribution in [1.29, 1.82) is 5.26 Å². The average molecular weight is 343 g/mol. The highest BCUT2D eigenvalue weighted by Crippen LogP contribution is 2.26. The van der Waals surface area contributed by atoms with E-state index in [1.807, 2.05) is 48.5 Å². The number of benzene rings is 2. The third-order valence-corrected chi connectivity index (χ3v) is 3.79. The molecule has 0 saturated carbocycles. The molecule has 0 unspecified atom stereocenters. The summed E-state index contributed by atoms with van der Waals surface area (Å²) in [5.41, 5.74) is 3.07. The van der Waals surface area contributed by atoms with Gasteiger partial charge in [0.05, 0.1) is 24.6 Å². The summed E-state index contributed by atoms with van der Waals surface area (Å²) in [7, 11) is 1.60. The van der Waals surface area contributed by atoms with E-state index < -0.39 is 0 Å². The Morgan fingerprint density at radius 1 is 1.08 bits per heavy atom. The fraction of sp³-hybridized carbons (Fsp3) is 0.0526. The van der Waals surface area contributed by atoms with Crippen molar-refractivity contribution in [3.05, 3.63) is 60.3 Å². The Bertz CT molecular complexity index is 1080. The minimum Gasteiger partial charge on any atom is -0.497 e. The quantitative estimate of drug-likeness (QED) is 0.600. The summed E-state index contributed by atoms with van der Waals surface area (Å²) >= 11 is 0. The molecule has 0 aliphatic carbocycles. The maximum absolute atomic E-state index is 9.35. The van der Waals surface area contributed by atoms with Crippen molar-refractivity contribution in [2.24, 2.45) is 0 Å². The highest BCUT2D eigenvalue weighted by Gasteiger charge is 2.12. The Morgan fingerprint density at radius 3 is 2.62 bits per heavy atom. The van der Waals surface area contributed by atoms with Crippen LogP contribution < -0.4 is 10.1 Å². The standard InChI is InChI=1S/C19H13N5O2/c1-25-14-8-6-12(7-9-14)17-13(10-20)11-21-18(23-17)24-19-22-15-4-2-3-5-16(15)26-19/h2-9,11H,1H3,(H,21,22,23,24). The SMILES string of the molecule is COc1ccc(-c2nc(Nc3nc4ccccc4o3)ncc2C#N)cc1. The van der Waals surface area contributed by atoms with Gasteiger partial charge in [-0.2, -0.15) is 10.2 Å². The van der Waals surface area contributed by atoms with E-state index in [0.29, 0.717) is 22.8 Å². The van der Waals surface area contributed by atoms with Crippen molar-refractivity contribution in [2.45, 2.75) is 0 Å². The van der Waals surface area contributed by atoms with Gasteiger partial charge < -0.3 is 9.15 Å². The van der Waals surface area contributed by atoms with E-state index in [2.05, 4.69) is 26.3 Å². The Kier molecular flexibility index (Phi) is 3.92. The molecule has 0 bridgehead atoms. The molecule has 0 aliphatic heterocycles. The molecule has 0 aliphatic rings. The molecule has 2 aromatic carbocycles. The average Bonchev–Trinajstić information content (AvgIpc) is 3.10. The van der Waals surface area contributed by atoms with Crippen molar-refractivity contribution < 1.29 is 9.15 Å². The fourth-order valence-corrected chi connectivity index (χ4v) is 2.51. The number of nitriles is 1. The van der Waals surface area contributed by atoms with Crippen LogP contribution in [0.1, 0.15) is 5.56 Å². The van der Waals surface area contributed by atoms with Crippen molar-refractivity contribution in [3.8, 4) is 23.1 Å². The molecule has 0 spiro atoms. The lowest BCUT2D eigenvalue weighted by atomic mass is 10.1. The Morgan fingerprint density at radius 2 is 1.88 bits per heavy atom. The number of anilines is 2. The molecule has 26 heavy (non-hydrogen) atoms. The summed E-state index contributed by atoms with van der Waals surface area (Å²) in [6.45, 7) is 0. The molecule has 7 heteroatoms. The van der Waals surface area contributed by atoms with E-state index in [9.17, 15) is 5.26 Å². The van der Waals surface area contributed by atoms with Crippen LogP contribution in [-0.2, 0) is 0 Å². The summed E-state index contributed by atoms with van der Waals surface area (Å²) in [5.74, 6) is 1.02. The summed E-state index contributed by atoms with van der Waals surface area (Å²) in [6.07, 6.45) is 1.47. The number of rotatable bonds is 4. The highest BCUT2D eigenvalue weighted by molar-refractivity contribution is 5.75. The van der Waals surface area contributed by atoms with Crippen LogP contribution in [0.3, 0.4) is 0 Å². The molecule has 4 aromatic rings. The van der Waals surface area contributed by atoms with Crippen LogP contribution in [0.25, 0.3) is 22.4 Å². The minimum atomic E-state index is 0.289. The van der Waals surface area contributed by atoms with Gasteiger partial charge in [0.15, 0.2) is 5.58 Å². The second-order valence-electron chi connectivity index (χ2n) is 5.41. The van der Waals surface area contributed by atoms with Crippen molar-refractivity contribution >= 4 is 23.1 Å². The third-order valence-electron chi connectivity index (χ3n) is 3.79. The number of aromatic nitrogens is 3. The molecular weight excluding hydrogens is 330 g/mol. The van der Waals surface area contributed by atoms with Gasteiger partial charge in [-0.25, -0.2) is 9.97 Å². The molecule has 4 rings (SSSR count). The maximum Gasteiger partial charge on any atom is 0.302 e. The monoisotopic (exact) mass is 343 g/mol. The van der Waals surface area contributed by atoms with Crippen LogP contribution in [0.4, 0.5) is 12.0 Å². The van der Waals surface area contributed by atoms with Gasteiger partial charge in [-0.05, 0) is 36.4 Å². The van der Waals surface area contributed by atoms with Crippen molar-refractivity contribution in [1.82, 2.24) is 15.0 Å². The number of para-hydroxylation sites is 2. The molecule has 7 nitrogen and oxygen atoms in total. The van der Waals surface area contributed by atoms with Gasteiger partial charge in [-0.1, -0.05) is 12.1 Å². The third kappa shape index (κ3) is 2.91. The lowest BCUT2D eigenvalue weighted by Gasteiger charge is -2.07. The zero-order chi connectivity index (χ0) is 17.9. The Balaban J connectivity index is 1.70. The largest absolute Gasteiger partial charge is 0.497 e. The van der Waals surface area contributed by atoms with Gasteiger partial charge in [0, 0.05) is 5.56 Å². The molecule has 2 heterocycles. The van der Waals surface area contributed by atoms with Gasteiger partial charge in [-0.15, -0.1) is 0 Å². The van der Waals surface area contributed by atoms with Gasteiger partial charge in [0.25, 0.3) is 0 Å². The summed E-state index contributed by atoms with van der Waals surface area (Å²) < 4.78 is 10.8. The van der Waals surface area contributed by atoms with E-state index in [1.54, 1.807) is 7.11 Å². The molecular formula is C19H13N5O2. The van der Waals surface area contributed by atoms with Crippen LogP contribution in [-0.4, -0.2) is 22.1 Å². The van der Waals surface area contributed by atoms with Crippen molar-refractivity contribution in [2.75, 3.05) is 12.4 Å². The van der Waals surface area contributed by atoms with E-state index >= 15 is 0 Å². The first-order valence-corrected chi connectivity index (χ1v) is 7.81. The number of fused-ring (bicyclic) bond motifs is 1. The van der Waals surface area contributed by atoms with Gasteiger partial charge in [-0.3, -0.25) is 5.32 Å². The van der Waals surface area contributed by atoms with E-state index in [4.69, 9.17) is 9.15 Å². The summed E-state index contributed by atoms with van der Waals surface area (Å²) in [5, 5.41) is 12.3. The smallest absolute Gasteiger partial charge is 0.302 e. The van der Waals surface area contributed by atoms with E-state index in [1.165, 1.54) is 6.20 Å². The topological polar surface area (TPSA) is 96.9 Å². The number of oxazole rings is 1.